The third-order valence-corrected chi connectivity index (χ3v) is 3.35. The van der Waals surface area contributed by atoms with E-state index in [2.05, 4.69) is 19.1 Å². The summed E-state index contributed by atoms with van der Waals surface area (Å²) in [6.07, 6.45) is 0. The molecule has 106 valence electrons. The van der Waals surface area contributed by atoms with E-state index in [9.17, 15) is 4.79 Å². The average molecular weight is 262 g/mol. The fraction of sp³-hybridized carbons (Fsp3) is 0.562. The first kappa shape index (κ1) is 15.7. The highest BCUT2D eigenvalue weighted by molar-refractivity contribution is 5.82. The summed E-state index contributed by atoms with van der Waals surface area (Å²) < 4.78 is 0. The molecule has 0 saturated carbocycles. The van der Waals surface area contributed by atoms with Gasteiger partial charge in [-0.3, -0.25) is 4.79 Å². The van der Waals surface area contributed by atoms with Crippen molar-refractivity contribution in [2.45, 2.75) is 47.2 Å². The third kappa shape index (κ3) is 4.35. The van der Waals surface area contributed by atoms with Gasteiger partial charge in [-0.1, -0.05) is 50.6 Å². The first-order valence-electron chi connectivity index (χ1n) is 6.85. The van der Waals surface area contributed by atoms with Crippen LogP contribution in [0.5, 0.6) is 0 Å². The van der Waals surface area contributed by atoms with Crippen molar-refractivity contribution in [2.24, 2.45) is 11.1 Å². The van der Waals surface area contributed by atoms with Gasteiger partial charge in [0.25, 0.3) is 0 Å². The van der Waals surface area contributed by atoms with E-state index < -0.39 is 6.04 Å². The zero-order valence-corrected chi connectivity index (χ0v) is 12.7. The Hall–Kier alpha value is -1.35. The van der Waals surface area contributed by atoms with E-state index >= 15 is 0 Å². The molecule has 2 N–H and O–H groups in total. The quantitative estimate of drug-likeness (QED) is 0.907. The monoisotopic (exact) mass is 262 g/mol. The van der Waals surface area contributed by atoms with E-state index in [-0.39, 0.29) is 11.3 Å². The Kier molecular flexibility index (Phi) is 5.12. The van der Waals surface area contributed by atoms with Gasteiger partial charge in [-0.05, 0) is 24.8 Å². The van der Waals surface area contributed by atoms with Gasteiger partial charge in [-0.2, -0.15) is 0 Å². The summed E-state index contributed by atoms with van der Waals surface area (Å²) in [7, 11) is 0. The summed E-state index contributed by atoms with van der Waals surface area (Å²) in [5.41, 5.74) is 8.21. The molecule has 0 aliphatic carbocycles. The summed E-state index contributed by atoms with van der Waals surface area (Å²) in [5.74, 6) is 0.0245. The predicted octanol–water partition coefficient (Wildman–Crippen LogP) is 2.72. The van der Waals surface area contributed by atoms with E-state index in [1.165, 1.54) is 5.56 Å². The van der Waals surface area contributed by atoms with E-state index in [1.807, 2.05) is 44.7 Å². The molecule has 0 bridgehead atoms. The van der Waals surface area contributed by atoms with Crippen molar-refractivity contribution in [3.8, 4) is 0 Å². The van der Waals surface area contributed by atoms with E-state index in [1.54, 1.807) is 0 Å². The molecule has 1 aromatic carbocycles. The third-order valence-electron chi connectivity index (χ3n) is 3.35. The first-order chi connectivity index (χ1) is 8.75. The van der Waals surface area contributed by atoms with Crippen molar-refractivity contribution in [1.29, 1.82) is 0 Å². The lowest BCUT2D eigenvalue weighted by atomic mass is 9.86. The molecular formula is C16H26N2O. The molecule has 1 rings (SSSR count). The van der Waals surface area contributed by atoms with Crippen molar-refractivity contribution in [3.63, 3.8) is 0 Å². The highest BCUT2D eigenvalue weighted by atomic mass is 16.2. The zero-order valence-electron chi connectivity index (χ0n) is 12.7. The van der Waals surface area contributed by atoms with E-state index in [0.717, 1.165) is 5.56 Å². The summed E-state index contributed by atoms with van der Waals surface area (Å²) in [6, 6.07) is 7.77. The molecule has 0 heterocycles. The van der Waals surface area contributed by atoms with Crippen molar-refractivity contribution < 1.29 is 4.79 Å². The van der Waals surface area contributed by atoms with Gasteiger partial charge in [-0.25, -0.2) is 0 Å². The topological polar surface area (TPSA) is 46.3 Å². The molecule has 0 aliphatic heterocycles. The minimum absolute atomic E-state index is 0.0245. The van der Waals surface area contributed by atoms with Crippen LogP contribution in [-0.4, -0.2) is 23.4 Å². The fourth-order valence-corrected chi connectivity index (χ4v) is 1.94. The Morgan fingerprint density at radius 3 is 2.47 bits per heavy atom. The van der Waals surface area contributed by atoms with Crippen LogP contribution in [-0.2, 0) is 11.3 Å². The number of nitrogens with two attached hydrogens (primary N) is 1. The van der Waals surface area contributed by atoms with Crippen LogP contribution >= 0.6 is 0 Å². The molecule has 0 saturated heterocycles. The van der Waals surface area contributed by atoms with Crippen LogP contribution in [0.4, 0.5) is 0 Å². The minimum Gasteiger partial charge on any atom is -0.337 e. The number of benzene rings is 1. The lowest BCUT2D eigenvalue weighted by molar-refractivity contribution is -0.135. The van der Waals surface area contributed by atoms with Crippen LogP contribution in [0.1, 0.15) is 38.8 Å². The summed E-state index contributed by atoms with van der Waals surface area (Å²) in [4.78, 5) is 14.2. The number of nitrogens with zero attached hydrogens (tertiary/aromatic N) is 1. The molecule has 1 amide bonds. The number of likely N-dealkylation sites (N-methyl/N-ethyl adjacent to an activating group) is 1. The smallest absolute Gasteiger partial charge is 0.240 e. The molecule has 0 aromatic heterocycles. The average Bonchev–Trinajstić information content (AvgIpc) is 2.33. The molecule has 0 fully saturated rings. The standard InChI is InChI=1S/C16H26N2O/c1-6-18(15(19)14(17)16(3,4)5)11-13-9-7-8-12(2)10-13/h7-10,14H,6,11,17H2,1-5H3/t14-/m1/s1. The fourth-order valence-electron chi connectivity index (χ4n) is 1.94. The first-order valence-corrected chi connectivity index (χ1v) is 6.85. The molecule has 19 heavy (non-hydrogen) atoms. The molecule has 0 spiro atoms. The van der Waals surface area contributed by atoms with Crippen LogP contribution in [0.2, 0.25) is 0 Å². The van der Waals surface area contributed by atoms with E-state index in [4.69, 9.17) is 5.73 Å². The molecule has 1 atom stereocenters. The van der Waals surface area contributed by atoms with Crippen LogP contribution in [0.3, 0.4) is 0 Å². The predicted molar refractivity (Wildman–Crippen MR) is 79.7 cm³/mol. The van der Waals surface area contributed by atoms with Crippen LogP contribution in [0.25, 0.3) is 0 Å². The number of rotatable bonds is 4. The highest BCUT2D eigenvalue weighted by Gasteiger charge is 2.30. The second-order valence-electron chi connectivity index (χ2n) is 6.19. The second-order valence-corrected chi connectivity index (χ2v) is 6.19. The molecule has 0 aliphatic rings. The van der Waals surface area contributed by atoms with Crippen LogP contribution < -0.4 is 5.73 Å². The Labute approximate surface area is 116 Å². The summed E-state index contributed by atoms with van der Waals surface area (Å²) in [5, 5.41) is 0. The molecular weight excluding hydrogens is 236 g/mol. The number of amides is 1. The van der Waals surface area contributed by atoms with Crippen LogP contribution in [0, 0.1) is 12.3 Å². The second kappa shape index (κ2) is 6.20. The molecule has 0 unspecified atom stereocenters. The maximum Gasteiger partial charge on any atom is 0.240 e. The lowest BCUT2D eigenvalue weighted by Crippen LogP contribution is -2.50. The van der Waals surface area contributed by atoms with Crippen molar-refractivity contribution >= 4 is 5.91 Å². The molecule has 0 radical (unpaired) electrons. The van der Waals surface area contributed by atoms with Gasteiger partial charge < -0.3 is 10.6 Å². The number of hydrogen-bond acceptors (Lipinski definition) is 2. The minimum atomic E-state index is -0.461. The highest BCUT2D eigenvalue weighted by Crippen LogP contribution is 2.20. The Bertz CT molecular complexity index is 435. The zero-order chi connectivity index (χ0) is 14.6. The number of aryl methyl sites for hydroxylation is 1. The van der Waals surface area contributed by atoms with Crippen molar-refractivity contribution in [2.75, 3.05) is 6.54 Å². The number of carbonyl (C=O) groups excluding carboxylic acids is 1. The lowest BCUT2D eigenvalue weighted by Gasteiger charge is -2.31. The number of carbonyl (C=O) groups is 1. The maximum absolute atomic E-state index is 12.4. The largest absolute Gasteiger partial charge is 0.337 e. The van der Waals surface area contributed by atoms with Gasteiger partial charge in [0.05, 0.1) is 6.04 Å². The van der Waals surface area contributed by atoms with Crippen molar-refractivity contribution in [1.82, 2.24) is 4.90 Å². The van der Waals surface area contributed by atoms with Gasteiger partial charge in [0, 0.05) is 13.1 Å². The Morgan fingerprint density at radius 2 is 2.00 bits per heavy atom. The van der Waals surface area contributed by atoms with Gasteiger partial charge in [0.1, 0.15) is 0 Å². The molecule has 3 heteroatoms. The normalized spacial score (nSPS) is 13.2. The van der Waals surface area contributed by atoms with Gasteiger partial charge >= 0.3 is 0 Å². The van der Waals surface area contributed by atoms with Gasteiger partial charge in [0.15, 0.2) is 0 Å². The Morgan fingerprint density at radius 1 is 1.37 bits per heavy atom. The SMILES string of the molecule is CCN(Cc1cccc(C)c1)C(=O)[C@@H](N)C(C)(C)C. The summed E-state index contributed by atoms with van der Waals surface area (Å²) in [6.45, 7) is 11.3. The Balaban J connectivity index is 2.81. The summed E-state index contributed by atoms with van der Waals surface area (Å²) >= 11 is 0. The number of hydrogen-bond donors (Lipinski definition) is 1. The molecule has 3 nitrogen and oxygen atoms in total. The van der Waals surface area contributed by atoms with E-state index in [0.29, 0.717) is 13.1 Å². The van der Waals surface area contributed by atoms with Crippen LogP contribution in [0.15, 0.2) is 24.3 Å². The molecule has 1 aromatic rings. The van der Waals surface area contributed by atoms with Gasteiger partial charge in [0.2, 0.25) is 5.91 Å². The van der Waals surface area contributed by atoms with Gasteiger partial charge in [-0.15, -0.1) is 0 Å². The van der Waals surface area contributed by atoms with Crippen molar-refractivity contribution in [3.05, 3.63) is 35.4 Å². The maximum atomic E-state index is 12.4.